The molecule has 0 saturated carbocycles. The number of carbonyl (C=O) groups excluding carboxylic acids is 1. The zero-order chi connectivity index (χ0) is 12.2. The molecule has 0 amide bonds. The highest BCUT2D eigenvalue weighted by molar-refractivity contribution is 5.94. The van der Waals surface area contributed by atoms with Gasteiger partial charge in [-0.25, -0.2) is 4.79 Å². The SMILES string of the molecule is CCOC(=O)C(=Cc1ccco1)C(F)(F)F. The van der Waals surface area contributed by atoms with E-state index in [9.17, 15) is 18.0 Å². The van der Waals surface area contributed by atoms with E-state index >= 15 is 0 Å². The highest BCUT2D eigenvalue weighted by atomic mass is 19.4. The van der Waals surface area contributed by atoms with Crippen LogP contribution in [0.2, 0.25) is 0 Å². The Morgan fingerprint density at radius 2 is 2.25 bits per heavy atom. The van der Waals surface area contributed by atoms with Gasteiger partial charge >= 0.3 is 12.1 Å². The van der Waals surface area contributed by atoms with E-state index in [0.717, 1.165) is 0 Å². The Morgan fingerprint density at radius 1 is 1.56 bits per heavy atom. The number of esters is 1. The van der Waals surface area contributed by atoms with E-state index in [1.165, 1.54) is 25.3 Å². The monoisotopic (exact) mass is 234 g/mol. The van der Waals surface area contributed by atoms with Gasteiger partial charge in [-0.15, -0.1) is 0 Å². The lowest BCUT2D eigenvalue weighted by Crippen LogP contribution is -2.22. The van der Waals surface area contributed by atoms with Crippen molar-refractivity contribution in [1.82, 2.24) is 0 Å². The van der Waals surface area contributed by atoms with Crippen LogP contribution in [-0.2, 0) is 9.53 Å². The average Bonchev–Trinajstić information content (AvgIpc) is 2.64. The molecular formula is C10H9F3O3. The van der Waals surface area contributed by atoms with Gasteiger partial charge in [0.2, 0.25) is 0 Å². The Kier molecular flexibility index (Phi) is 3.76. The summed E-state index contributed by atoms with van der Waals surface area (Å²) >= 11 is 0. The molecule has 0 saturated heterocycles. The molecule has 3 nitrogen and oxygen atoms in total. The lowest BCUT2D eigenvalue weighted by atomic mass is 10.2. The molecule has 0 fully saturated rings. The Morgan fingerprint density at radius 3 is 2.69 bits per heavy atom. The number of alkyl halides is 3. The highest BCUT2D eigenvalue weighted by Crippen LogP contribution is 2.28. The fraction of sp³-hybridized carbons (Fsp3) is 0.300. The number of ether oxygens (including phenoxy) is 1. The second-order valence-electron chi connectivity index (χ2n) is 2.79. The maximum atomic E-state index is 12.5. The largest absolute Gasteiger partial charge is 0.465 e. The fourth-order valence-electron chi connectivity index (χ4n) is 0.981. The van der Waals surface area contributed by atoms with Crippen molar-refractivity contribution in [2.45, 2.75) is 13.1 Å². The van der Waals surface area contributed by atoms with Gasteiger partial charge in [0.1, 0.15) is 11.3 Å². The number of furan rings is 1. The van der Waals surface area contributed by atoms with Crippen LogP contribution in [0.1, 0.15) is 12.7 Å². The minimum absolute atomic E-state index is 0.0552. The van der Waals surface area contributed by atoms with Gasteiger partial charge in [0, 0.05) is 6.08 Å². The van der Waals surface area contributed by atoms with Crippen molar-refractivity contribution in [3.63, 3.8) is 0 Å². The van der Waals surface area contributed by atoms with Crippen molar-refractivity contribution < 1.29 is 27.1 Å². The van der Waals surface area contributed by atoms with Crippen molar-refractivity contribution in [2.24, 2.45) is 0 Å². The molecule has 1 aromatic rings. The summed E-state index contributed by atoms with van der Waals surface area (Å²) in [5.74, 6) is -1.47. The molecule has 0 aliphatic carbocycles. The van der Waals surface area contributed by atoms with Gasteiger partial charge in [0.15, 0.2) is 0 Å². The standard InChI is InChI=1S/C10H9F3O3/c1-2-15-9(14)8(10(11,12)13)6-7-4-3-5-16-7/h3-6H,2H2,1H3. The summed E-state index contributed by atoms with van der Waals surface area (Å²) in [4.78, 5) is 11.1. The van der Waals surface area contributed by atoms with Crippen LogP contribution in [0.3, 0.4) is 0 Å². The number of halogens is 3. The third-order valence-electron chi connectivity index (χ3n) is 1.63. The van der Waals surface area contributed by atoms with E-state index in [0.29, 0.717) is 6.08 Å². The van der Waals surface area contributed by atoms with Gasteiger partial charge < -0.3 is 9.15 Å². The van der Waals surface area contributed by atoms with Crippen molar-refractivity contribution in [1.29, 1.82) is 0 Å². The molecule has 0 unspecified atom stereocenters. The summed E-state index contributed by atoms with van der Waals surface area (Å²) in [6, 6.07) is 2.73. The van der Waals surface area contributed by atoms with Gasteiger partial charge in [-0.05, 0) is 19.1 Å². The zero-order valence-electron chi connectivity index (χ0n) is 8.38. The van der Waals surface area contributed by atoms with E-state index < -0.39 is 17.7 Å². The zero-order valence-corrected chi connectivity index (χ0v) is 8.38. The molecule has 0 aromatic carbocycles. The molecular weight excluding hydrogens is 225 g/mol. The van der Waals surface area contributed by atoms with Gasteiger partial charge in [-0.1, -0.05) is 0 Å². The molecule has 1 rings (SSSR count). The molecule has 0 spiro atoms. The highest BCUT2D eigenvalue weighted by Gasteiger charge is 2.39. The molecule has 0 aliphatic rings. The first-order chi connectivity index (χ1) is 7.45. The maximum absolute atomic E-state index is 12.5. The van der Waals surface area contributed by atoms with E-state index in [2.05, 4.69) is 4.74 Å². The Hall–Kier alpha value is -1.72. The molecule has 88 valence electrons. The molecule has 1 heterocycles. The van der Waals surface area contributed by atoms with Gasteiger partial charge in [0.05, 0.1) is 12.9 Å². The van der Waals surface area contributed by atoms with Crippen LogP contribution in [0.25, 0.3) is 6.08 Å². The predicted octanol–water partition coefficient (Wildman–Crippen LogP) is 2.79. The van der Waals surface area contributed by atoms with E-state index in [1.807, 2.05) is 0 Å². The van der Waals surface area contributed by atoms with Crippen LogP contribution in [0.4, 0.5) is 13.2 Å². The summed E-state index contributed by atoms with van der Waals surface area (Å²) in [6.45, 7) is 1.31. The van der Waals surface area contributed by atoms with Crippen LogP contribution in [-0.4, -0.2) is 18.8 Å². The van der Waals surface area contributed by atoms with Gasteiger partial charge in [-0.3, -0.25) is 0 Å². The van der Waals surface area contributed by atoms with Gasteiger partial charge in [0.25, 0.3) is 0 Å². The summed E-state index contributed by atoms with van der Waals surface area (Å²) in [5.41, 5.74) is -1.38. The maximum Gasteiger partial charge on any atom is 0.423 e. The van der Waals surface area contributed by atoms with E-state index in [1.54, 1.807) is 0 Å². The smallest absolute Gasteiger partial charge is 0.423 e. The van der Waals surface area contributed by atoms with Crippen LogP contribution >= 0.6 is 0 Å². The Bertz CT molecular complexity index is 377. The quantitative estimate of drug-likeness (QED) is 0.596. The van der Waals surface area contributed by atoms with Crippen LogP contribution in [0, 0.1) is 0 Å². The van der Waals surface area contributed by atoms with Crippen LogP contribution in [0.5, 0.6) is 0 Å². The first-order valence-corrected chi connectivity index (χ1v) is 4.44. The number of hydrogen-bond donors (Lipinski definition) is 0. The van der Waals surface area contributed by atoms with Crippen LogP contribution in [0.15, 0.2) is 28.4 Å². The van der Waals surface area contributed by atoms with Crippen molar-refractivity contribution in [2.75, 3.05) is 6.61 Å². The molecule has 0 aliphatic heterocycles. The fourth-order valence-corrected chi connectivity index (χ4v) is 0.981. The molecule has 0 bridgehead atoms. The molecule has 0 radical (unpaired) electrons. The summed E-state index contributed by atoms with van der Waals surface area (Å²) in [6.07, 6.45) is -2.94. The minimum atomic E-state index is -4.76. The summed E-state index contributed by atoms with van der Waals surface area (Å²) < 4.78 is 46.4. The molecule has 0 N–H and O–H groups in total. The second-order valence-corrected chi connectivity index (χ2v) is 2.79. The van der Waals surface area contributed by atoms with Crippen molar-refractivity contribution in [3.8, 4) is 0 Å². The lowest BCUT2D eigenvalue weighted by molar-refractivity contribution is -0.149. The summed E-state index contributed by atoms with van der Waals surface area (Å²) in [7, 11) is 0. The lowest BCUT2D eigenvalue weighted by Gasteiger charge is -2.09. The first-order valence-electron chi connectivity index (χ1n) is 4.44. The molecule has 1 aromatic heterocycles. The topological polar surface area (TPSA) is 39.4 Å². The predicted molar refractivity (Wildman–Crippen MR) is 49.4 cm³/mol. The van der Waals surface area contributed by atoms with E-state index in [4.69, 9.17) is 4.42 Å². The summed E-state index contributed by atoms with van der Waals surface area (Å²) in [5, 5.41) is 0. The van der Waals surface area contributed by atoms with Crippen LogP contribution < -0.4 is 0 Å². The third-order valence-corrected chi connectivity index (χ3v) is 1.63. The molecule has 6 heteroatoms. The van der Waals surface area contributed by atoms with E-state index in [-0.39, 0.29) is 12.4 Å². The Balaban J connectivity index is 3.01. The van der Waals surface area contributed by atoms with Crippen molar-refractivity contribution >= 4 is 12.0 Å². The normalized spacial score (nSPS) is 12.6. The minimum Gasteiger partial charge on any atom is -0.465 e. The average molecular weight is 234 g/mol. The van der Waals surface area contributed by atoms with Crippen molar-refractivity contribution in [3.05, 3.63) is 29.7 Å². The number of rotatable bonds is 3. The molecule has 0 atom stereocenters. The van der Waals surface area contributed by atoms with Gasteiger partial charge in [-0.2, -0.15) is 13.2 Å². The third kappa shape index (κ3) is 3.15. The Labute approximate surface area is 89.5 Å². The first kappa shape index (κ1) is 12.4. The second kappa shape index (κ2) is 4.87. The number of hydrogen-bond acceptors (Lipinski definition) is 3. The molecule has 16 heavy (non-hydrogen) atoms. The number of carbonyl (C=O) groups is 1.